The van der Waals surface area contributed by atoms with E-state index in [4.69, 9.17) is 10.2 Å². The first-order valence-electron chi connectivity index (χ1n) is 5.65. The molecule has 0 saturated carbocycles. The van der Waals surface area contributed by atoms with E-state index in [-0.39, 0.29) is 0 Å². The van der Waals surface area contributed by atoms with Crippen LogP contribution in [0.25, 0.3) is 0 Å². The first-order valence-corrected chi connectivity index (χ1v) is 5.65. The Bertz CT molecular complexity index is 330. The summed E-state index contributed by atoms with van der Waals surface area (Å²) in [5, 5.41) is 0. The molecule has 3 heteroatoms. The van der Waals surface area contributed by atoms with Crippen molar-refractivity contribution in [2.45, 2.75) is 31.7 Å². The van der Waals surface area contributed by atoms with Gasteiger partial charge in [-0.1, -0.05) is 0 Å². The molecule has 0 aliphatic heterocycles. The van der Waals surface area contributed by atoms with Gasteiger partial charge in [0.2, 0.25) is 0 Å². The van der Waals surface area contributed by atoms with Gasteiger partial charge in [-0.3, -0.25) is 0 Å². The molecule has 2 rings (SSSR count). The summed E-state index contributed by atoms with van der Waals surface area (Å²) in [5.74, 6) is 1.13. The van der Waals surface area contributed by atoms with E-state index in [9.17, 15) is 0 Å². The molecule has 0 bridgehead atoms. The van der Waals surface area contributed by atoms with Gasteiger partial charge in [0.15, 0.2) is 0 Å². The predicted molar refractivity (Wildman–Crippen MR) is 61.0 cm³/mol. The third-order valence-electron chi connectivity index (χ3n) is 3.11. The Kier molecular flexibility index (Phi) is 3.12. The lowest BCUT2D eigenvalue weighted by Crippen LogP contribution is -2.27. The van der Waals surface area contributed by atoms with Gasteiger partial charge in [0, 0.05) is 19.0 Å². The van der Waals surface area contributed by atoms with Crippen LogP contribution in [0.15, 0.2) is 10.7 Å². The molecule has 3 nitrogen and oxygen atoms in total. The highest BCUT2D eigenvalue weighted by atomic mass is 16.3. The van der Waals surface area contributed by atoms with Crippen molar-refractivity contribution in [1.29, 1.82) is 0 Å². The smallest absolute Gasteiger partial charge is 0.108 e. The van der Waals surface area contributed by atoms with Crippen molar-refractivity contribution >= 4 is 0 Å². The number of hydrogen-bond donors (Lipinski definition) is 1. The Balaban J connectivity index is 2.07. The minimum absolute atomic E-state index is 0.297. The number of nitrogens with zero attached hydrogens (tertiary/aromatic N) is 1. The molecular weight excluding hydrogens is 188 g/mol. The first kappa shape index (κ1) is 10.7. The van der Waals surface area contributed by atoms with Crippen LogP contribution in [0.1, 0.15) is 23.3 Å². The molecule has 1 aliphatic carbocycles. The summed E-state index contributed by atoms with van der Waals surface area (Å²) in [5.41, 5.74) is 8.72. The molecule has 1 aromatic rings. The Hall–Kier alpha value is -0.800. The second-order valence-electron chi connectivity index (χ2n) is 4.72. The van der Waals surface area contributed by atoms with Gasteiger partial charge in [-0.25, -0.2) is 0 Å². The Morgan fingerprint density at radius 3 is 3.07 bits per heavy atom. The fraction of sp³-hybridized carbons (Fsp3) is 0.667. The quantitative estimate of drug-likeness (QED) is 0.811. The van der Waals surface area contributed by atoms with E-state index in [0.717, 1.165) is 38.0 Å². The van der Waals surface area contributed by atoms with Crippen molar-refractivity contribution in [2.24, 2.45) is 5.73 Å². The molecule has 2 N–H and O–H groups in total. The number of likely N-dealkylation sites (N-methyl/N-ethyl adjacent to an activating group) is 1. The van der Waals surface area contributed by atoms with Crippen molar-refractivity contribution in [1.82, 2.24) is 4.90 Å². The van der Waals surface area contributed by atoms with Gasteiger partial charge in [-0.2, -0.15) is 0 Å². The molecule has 0 fully saturated rings. The average molecular weight is 208 g/mol. The summed E-state index contributed by atoms with van der Waals surface area (Å²) in [6.07, 6.45) is 6.11. The van der Waals surface area contributed by atoms with Crippen molar-refractivity contribution in [3.05, 3.63) is 23.2 Å². The zero-order valence-electron chi connectivity index (χ0n) is 9.62. The highest BCUT2D eigenvalue weighted by Gasteiger charge is 2.21. The van der Waals surface area contributed by atoms with Crippen LogP contribution in [0.2, 0.25) is 0 Å². The fourth-order valence-electron chi connectivity index (χ4n) is 2.16. The van der Waals surface area contributed by atoms with Gasteiger partial charge in [0.05, 0.1) is 6.26 Å². The van der Waals surface area contributed by atoms with Gasteiger partial charge in [-0.05, 0) is 44.5 Å². The van der Waals surface area contributed by atoms with E-state index in [2.05, 4.69) is 19.0 Å². The number of hydrogen-bond acceptors (Lipinski definition) is 3. The third kappa shape index (κ3) is 2.41. The highest BCUT2D eigenvalue weighted by molar-refractivity contribution is 5.31. The zero-order chi connectivity index (χ0) is 10.8. The number of nitrogens with two attached hydrogens (primary N) is 1. The van der Waals surface area contributed by atoms with Gasteiger partial charge in [0.25, 0.3) is 0 Å². The minimum atomic E-state index is 0.297. The van der Waals surface area contributed by atoms with Crippen LogP contribution in [0.5, 0.6) is 0 Å². The van der Waals surface area contributed by atoms with Crippen molar-refractivity contribution < 1.29 is 4.42 Å². The van der Waals surface area contributed by atoms with E-state index in [0.29, 0.717) is 6.04 Å². The maximum atomic E-state index is 5.91. The topological polar surface area (TPSA) is 42.4 Å². The first-order chi connectivity index (χ1) is 7.16. The third-order valence-corrected chi connectivity index (χ3v) is 3.11. The van der Waals surface area contributed by atoms with Crippen LogP contribution in [0.3, 0.4) is 0 Å². The van der Waals surface area contributed by atoms with E-state index < -0.39 is 0 Å². The molecule has 0 radical (unpaired) electrons. The van der Waals surface area contributed by atoms with Crippen molar-refractivity contribution in [3.8, 4) is 0 Å². The normalized spacial score (nSPS) is 20.7. The summed E-state index contributed by atoms with van der Waals surface area (Å²) >= 11 is 0. The van der Waals surface area contributed by atoms with Crippen LogP contribution in [-0.2, 0) is 19.3 Å². The molecule has 1 aliphatic rings. The zero-order valence-corrected chi connectivity index (χ0v) is 9.62. The minimum Gasteiger partial charge on any atom is -0.469 e. The molecule has 1 heterocycles. The maximum absolute atomic E-state index is 5.91. The number of furan rings is 1. The van der Waals surface area contributed by atoms with E-state index >= 15 is 0 Å². The summed E-state index contributed by atoms with van der Waals surface area (Å²) in [6.45, 7) is 1.08. The molecule has 0 aromatic carbocycles. The van der Waals surface area contributed by atoms with Gasteiger partial charge in [0.1, 0.15) is 5.76 Å². The molecule has 0 spiro atoms. The van der Waals surface area contributed by atoms with Crippen LogP contribution >= 0.6 is 0 Å². The lowest BCUT2D eigenvalue weighted by molar-refractivity contribution is 0.412. The summed E-state index contributed by atoms with van der Waals surface area (Å²) in [4.78, 5) is 2.20. The Labute approximate surface area is 91.2 Å². The molecule has 1 unspecified atom stereocenters. The second kappa shape index (κ2) is 4.37. The second-order valence-corrected chi connectivity index (χ2v) is 4.72. The number of rotatable bonds is 3. The summed E-state index contributed by atoms with van der Waals surface area (Å²) in [6, 6.07) is 0.297. The largest absolute Gasteiger partial charge is 0.469 e. The maximum Gasteiger partial charge on any atom is 0.108 e. The van der Waals surface area contributed by atoms with Gasteiger partial charge < -0.3 is 15.1 Å². The molecular formula is C12H20N2O. The monoisotopic (exact) mass is 208 g/mol. The lowest BCUT2D eigenvalue weighted by atomic mass is 9.91. The van der Waals surface area contributed by atoms with E-state index in [1.165, 1.54) is 11.1 Å². The van der Waals surface area contributed by atoms with Gasteiger partial charge >= 0.3 is 0 Å². The van der Waals surface area contributed by atoms with Crippen LogP contribution < -0.4 is 5.73 Å². The van der Waals surface area contributed by atoms with Crippen molar-refractivity contribution in [2.75, 3.05) is 20.6 Å². The molecule has 1 atom stereocenters. The molecule has 84 valence electrons. The molecule has 0 amide bonds. The van der Waals surface area contributed by atoms with Crippen LogP contribution in [0, 0.1) is 0 Å². The van der Waals surface area contributed by atoms with Crippen LogP contribution in [0.4, 0.5) is 0 Å². The van der Waals surface area contributed by atoms with Gasteiger partial charge in [-0.15, -0.1) is 0 Å². The Morgan fingerprint density at radius 2 is 2.33 bits per heavy atom. The highest BCUT2D eigenvalue weighted by Crippen LogP contribution is 2.26. The molecule has 15 heavy (non-hydrogen) atoms. The predicted octanol–water partition coefficient (Wildman–Crippen LogP) is 1.20. The SMILES string of the molecule is CN(C)CCc1coc2c1CCC(N)C2. The van der Waals surface area contributed by atoms with Crippen LogP contribution in [-0.4, -0.2) is 31.6 Å². The van der Waals surface area contributed by atoms with E-state index in [1.54, 1.807) is 0 Å². The number of fused-ring (bicyclic) bond motifs is 1. The lowest BCUT2D eigenvalue weighted by Gasteiger charge is -2.18. The summed E-state index contributed by atoms with van der Waals surface area (Å²) in [7, 11) is 4.20. The molecule has 1 aromatic heterocycles. The molecule has 0 saturated heterocycles. The summed E-state index contributed by atoms with van der Waals surface area (Å²) < 4.78 is 5.59. The average Bonchev–Trinajstić information content (AvgIpc) is 2.57. The van der Waals surface area contributed by atoms with E-state index in [1.807, 2.05) is 6.26 Å². The van der Waals surface area contributed by atoms with Crippen molar-refractivity contribution in [3.63, 3.8) is 0 Å². The standard InChI is InChI=1S/C12H20N2O/c1-14(2)6-5-9-8-15-12-7-10(13)3-4-11(9)12/h8,10H,3-7,13H2,1-2H3. The fourth-order valence-corrected chi connectivity index (χ4v) is 2.16. The Morgan fingerprint density at radius 1 is 1.53 bits per heavy atom.